The highest BCUT2D eigenvalue weighted by Gasteiger charge is 2.25. The molecule has 0 aliphatic carbocycles. The number of hydrogen-bond acceptors (Lipinski definition) is 6. The number of aromatic amines is 1. The van der Waals surface area contributed by atoms with Crippen LogP contribution in [0.25, 0.3) is 33.1 Å². The van der Waals surface area contributed by atoms with Crippen molar-refractivity contribution in [2.45, 2.75) is 67.3 Å². The summed E-state index contributed by atoms with van der Waals surface area (Å²) < 4.78 is 13.4. The summed E-state index contributed by atoms with van der Waals surface area (Å²) in [5.74, 6) is 2.24. The molecule has 0 aliphatic heterocycles. The van der Waals surface area contributed by atoms with Crippen LogP contribution in [0.5, 0.6) is 5.75 Å². The zero-order valence-electron chi connectivity index (χ0n) is 21.9. The highest BCUT2D eigenvalue weighted by molar-refractivity contribution is 6.09. The molecule has 0 bridgehead atoms. The van der Waals surface area contributed by atoms with Crippen molar-refractivity contribution in [1.82, 2.24) is 29.9 Å². The second-order valence-corrected chi connectivity index (χ2v) is 10.3. The fraction of sp³-hybridized carbons (Fsp3) is 0.407. The molecule has 8 nitrogen and oxygen atoms in total. The molecular weight excluding hydrogens is 440 g/mol. The summed E-state index contributed by atoms with van der Waals surface area (Å²) in [6.07, 6.45) is 0.657. The lowest BCUT2D eigenvalue weighted by molar-refractivity contribution is 0.343. The number of aryl methyl sites for hydroxylation is 4. The maximum absolute atomic E-state index is 5.84. The van der Waals surface area contributed by atoms with Crippen molar-refractivity contribution in [2.75, 3.05) is 7.11 Å². The molecule has 0 radical (unpaired) electrons. The number of rotatable bonds is 4. The van der Waals surface area contributed by atoms with Crippen LogP contribution in [-0.4, -0.2) is 37.0 Å². The summed E-state index contributed by atoms with van der Waals surface area (Å²) in [5.41, 5.74) is 8.74. The SMILES string of the molecule is COc1cc2c(cc1-c1c(C)noc1C)[nH]c1nc(C)nc(Cc3c(C)c(C)nn3C(C)(C)C)c12. The van der Waals surface area contributed by atoms with Gasteiger partial charge < -0.3 is 14.2 Å². The van der Waals surface area contributed by atoms with Crippen LogP contribution >= 0.6 is 0 Å². The fourth-order valence-corrected chi connectivity index (χ4v) is 4.96. The Labute approximate surface area is 204 Å². The van der Waals surface area contributed by atoms with E-state index in [1.807, 2.05) is 20.8 Å². The molecule has 5 aromatic rings. The summed E-state index contributed by atoms with van der Waals surface area (Å²) in [7, 11) is 1.69. The zero-order chi connectivity index (χ0) is 25.2. The summed E-state index contributed by atoms with van der Waals surface area (Å²) in [6, 6.07) is 4.16. The van der Waals surface area contributed by atoms with Crippen molar-refractivity contribution >= 4 is 21.9 Å². The van der Waals surface area contributed by atoms with Gasteiger partial charge in [0.1, 0.15) is 23.0 Å². The standard InChI is InChI=1S/C27H32N6O2/c1-13-14(2)31-33(27(6,7)8)22(13)12-21-25-18-11-23(34-9)19(24-15(3)32-35-16(24)4)10-20(18)30-26(25)29-17(5)28-21/h10-11H,12H2,1-9H3,(H,28,29,30). The van der Waals surface area contributed by atoms with Crippen LogP contribution in [0.1, 0.15) is 60.7 Å². The van der Waals surface area contributed by atoms with Gasteiger partial charge in [0.05, 0.1) is 35.3 Å². The molecule has 4 heterocycles. The predicted molar refractivity (Wildman–Crippen MR) is 137 cm³/mol. The molecule has 4 aromatic heterocycles. The summed E-state index contributed by atoms with van der Waals surface area (Å²) in [6.45, 7) is 16.5. The molecule has 182 valence electrons. The zero-order valence-corrected chi connectivity index (χ0v) is 21.9. The average Bonchev–Trinajstić information content (AvgIpc) is 3.40. The minimum atomic E-state index is -0.137. The topological polar surface area (TPSA) is 94.7 Å². The molecule has 5 rings (SSSR count). The van der Waals surface area contributed by atoms with Gasteiger partial charge >= 0.3 is 0 Å². The van der Waals surface area contributed by atoms with E-state index < -0.39 is 0 Å². The van der Waals surface area contributed by atoms with Crippen LogP contribution in [0.4, 0.5) is 0 Å². The number of methoxy groups -OCH3 is 1. The molecule has 0 unspecified atom stereocenters. The molecule has 1 N–H and O–H groups in total. The van der Waals surface area contributed by atoms with E-state index in [1.54, 1.807) is 7.11 Å². The molecule has 8 heteroatoms. The molecule has 0 saturated heterocycles. The van der Waals surface area contributed by atoms with E-state index in [4.69, 9.17) is 24.3 Å². The Balaban J connectivity index is 1.76. The minimum absolute atomic E-state index is 0.137. The Hall–Kier alpha value is -3.68. The van der Waals surface area contributed by atoms with Gasteiger partial charge in [-0.05, 0) is 73.1 Å². The predicted octanol–water partition coefficient (Wildman–Crippen LogP) is 5.86. The molecular formula is C27H32N6O2. The number of ether oxygens (including phenoxy) is 1. The van der Waals surface area contributed by atoms with Gasteiger partial charge in [0.25, 0.3) is 0 Å². The minimum Gasteiger partial charge on any atom is -0.496 e. The van der Waals surface area contributed by atoms with Crippen molar-refractivity contribution in [3.8, 4) is 16.9 Å². The molecule has 0 atom stereocenters. The van der Waals surface area contributed by atoms with E-state index in [2.05, 4.69) is 61.6 Å². The lowest BCUT2D eigenvalue weighted by Crippen LogP contribution is -2.26. The second kappa shape index (κ2) is 7.93. The average molecular weight is 473 g/mol. The molecule has 0 amide bonds. The summed E-state index contributed by atoms with van der Waals surface area (Å²) in [5, 5.41) is 11.0. The first kappa shape index (κ1) is 23.1. The first-order chi connectivity index (χ1) is 16.5. The molecule has 35 heavy (non-hydrogen) atoms. The van der Waals surface area contributed by atoms with Gasteiger partial charge in [-0.2, -0.15) is 5.10 Å². The Morgan fingerprint density at radius 3 is 2.40 bits per heavy atom. The van der Waals surface area contributed by atoms with Crippen molar-refractivity contribution in [1.29, 1.82) is 0 Å². The van der Waals surface area contributed by atoms with Crippen LogP contribution in [0.3, 0.4) is 0 Å². The summed E-state index contributed by atoms with van der Waals surface area (Å²) in [4.78, 5) is 13.2. The van der Waals surface area contributed by atoms with Gasteiger partial charge in [-0.3, -0.25) is 4.68 Å². The Morgan fingerprint density at radius 2 is 1.77 bits per heavy atom. The van der Waals surface area contributed by atoms with Gasteiger partial charge in [-0.25, -0.2) is 9.97 Å². The maximum atomic E-state index is 5.84. The van der Waals surface area contributed by atoms with E-state index in [-0.39, 0.29) is 5.54 Å². The second-order valence-electron chi connectivity index (χ2n) is 10.3. The van der Waals surface area contributed by atoms with E-state index in [9.17, 15) is 0 Å². The van der Waals surface area contributed by atoms with Crippen molar-refractivity contribution in [3.05, 3.63) is 52.1 Å². The van der Waals surface area contributed by atoms with Crippen LogP contribution < -0.4 is 4.74 Å². The first-order valence-corrected chi connectivity index (χ1v) is 11.8. The molecule has 1 aromatic carbocycles. The van der Waals surface area contributed by atoms with Crippen LogP contribution in [0.2, 0.25) is 0 Å². The number of hydrogen-bond donors (Lipinski definition) is 1. The smallest absolute Gasteiger partial charge is 0.142 e. The van der Waals surface area contributed by atoms with E-state index in [0.717, 1.165) is 67.5 Å². The van der Waals surface area contributed by atoms with Gasteiger partial charge in [0, 0.05) is 34.0 Å². The number of nitrogens with zero attached hydrogens (tertiary/aromatic N) is 5. The maximum Gasteiger partial charge on any atom is 0.142 e. The normalized spacial score (nSPS) is 12.3. The molecule has 0 spiro atoms. The number of fused-ring (bicyclic) bond motifs is 3. The van der Waals surface area contributed by atoms with E-state index >= 15 is 0 Å². The lowest BCUT2D eigenvalue weighted by atomic mass is 9.99. The monoisotopic (exact) mass is 472 g/mol. The van der Waals surface area contributed by atoms with Gasteiger partial charge in [-0.15, -0.1) is 0 Å². The Kier molecular flexibility index (Phi) is 5.23. The van der Waals surface area contributed by atoms with Gasteiger partial charge in [-0.1, -0.05) is 5.16 Å². The Bertz CT molecular complexity index is 1580. The number of benzene rings is 1. The van der Waals surface area contributed by atoms with Crippen LogP contribution in [0, 0.1) is 34.6 Å². The highest BCUT2D eigenvalue weighted by Crippen LogP contribution is 2.40. The van der Waals surface area contributed by atoms with Crippen molar-refractivity contribution in [2.24, 2.45) is 0 Å². The number of H-pyrrole nitrogens is 1. The Morgan fingerprint density at radius 1 is 1.03 bits per heavy atom. The van der Waals surface area contributed by atoms with Crippen molar-refractivity contribution < 1.29 is 9.26 Å². The largest absolute Gasteiger partial charge is 0.496 e. The number of nitrogens with one attached hydrogen (secondary N) is 1. The lowest BCUT2D eigenvalue weighted by Gasteiger charge is -2.23. The first-order valence-electron chi connectivity index (χ1n) is 11.8. The fourth-order valence-electron chi connectivity index (χ4n) is 4.96. The van der Waals surface area contributed by atoms with Crippen LogP contribution in [0.15, 0.2) is 16.7 Å². The quantitative estimate of drug-likeness (QED) is 0.352. The molecule has 0 saturated carbocycles. The third kappa shape index (κ3) is 3.68. The van der Waals surface area contributed by atoms with Gasteiger partial charge in [0.2, 0.25) is 0 Å². The third-order valence-electron chi connectivity index (χ3n) is 6.71. The summed E-state index contributed by atoms with van der Waals surface area (Å²) >= 11 is 0. The molecule has 0 aliphatic rings. The van der Waals surface area contributed by atoms with Crippen LogP contribution in [-0.2, 0) is 12.0 Å². The number of aromatic nitrogens is 6. The van der Waals surface area contributed by atoms with E-state index in [0.29, 0.717) is 6.42 Å². The van der Waals surface area contributed by atoms with Crippen molar-refractivity contribution in [3.63, 3.8) is 0 Å². The third-order valence-corrected chi connectivity index (χ3v) is 6.71. The van der Waals surface area contributed by atoms with E-state index in [1.165, 1.54) is 11.3 Å². The van der Waals surface area contributed by atoms with Gasteiger partial charge in [0.15, 0.2) is 0 Å². The highest BCUT2D eigenvalue weighted by atomic mass is 16.5. The molecule has 0 fully saturated rings.